The lowest BCUT2D eigenvalue weighted by molar-refractivity contribution is 0.708. The second kappa shape index (κ2) is 8.02. The molecule has 0 unspecified atom stereocenters. The molecule has 0 fully saturated rings. The lowest BCUT2D eigenvalue weighted by Gasteiger charge is -2.29. The van der Waals surface area contributed by atoms with Crippen LogP contribution in [-0.4, -0.2) is 21.5 Å². The molecule has 0 saturated carbocycles. The first-order valence-corrected chi connectivity index (χ1v) is 11.1. The van der Waals surface area contributed by atoms with Crippen LogP contribution in [-0.2, 0) is 13.0 Å². The van der Waals surface area contributed by atoms with E-state index >= 15 is 0 Å². The van der Waals surface area contributed by atoms with Gasteiger partial charge >= 0.3 is 0 Å². The minimum atomic E-state index is -0.163. The zero-order valence-corrected chi connectivity index (χ0v) is 18.0. The van der Waals surface area contributed by atoms with Gasteiger partial charge in [0.25, 0.3) is 5.56 Å². The highest BCUT2D eigenvalue weighted by molar-refractivity contribution is 5.92. The SMILES string of the molecule is O=c1[nH]c(N2CCc3ccccc3C2)nc2nccc(-c3ccc(-c4ccccc4)cc3)c12. The molecule has 0 aliphatic carbocycles. The molecule has 2 aromatic heterocycles. The van der Waals surface area contributed by atoms with Gasteiger partial charge in [-0.2, -0.15) is 4.98 Å². The molecule has 0 spiro atoms. The number of anilines is 1. The van der Waals surface area contributed by atoms with Crippen LogP contribution in [0.2, 0.25) is 0 Å². The number of rotatable bonds is 3. The maximum Gasteiger partial charge on any atom is 0.262 e. The predicted molar refractivity (Wildman–Crippen MR) is 132 cm³/mol. The Bertz CT molecular complexity index is 1510. The van der Waals surface area contributed by atoms with Crippen molar-refractivity contribution in [2.45, 2.75) is 13.0 Å². The number of benzene rings is 3. The van der Waals surface area contributed by atoms with Gasteiger partial charge in [0.1, 0.15) is 0 Å². The van der Waals surface area contributed by atoms with Crippen LogP contribution in [0.15, 0.2) is 95.9 Å². The Balaban J connectivity index is 1.37. The van der Waals surface area contributed by atoms with Crippen molar-refractivity contribution >= 4 is 17.0 Å². The van der Waals surface area contributed by atoms with E-state index in [9.17, 15) is 4.79 Å². The first-order chi connectivity index (χ1) is 16.3. The third-order valence-corrected chi connectivity index (χ3v) is 6.33. The van der Waals surface area contributed by atoms with Crippen molar-refractivity contribution in [1.29, 1.82) is 0 Å². The summed E-state index contributed by atoms with van der Waals surface area (Å²) in [5, 5.41) is 0.520. The topological polar surface area (TPSA) is 61.9 Å². The standard InChI is InChI=1S/C28H22N4O/c33-27-25-24(22-12-10-21(11-13-22)19-6-2-1-3-7-19)14-16-29-26(25)30-28(31-27)32-17-15-20-8-4-5-9-23(20)18-32/h1-14,16H,15,17-18H2,(H,29,30,31,33). The fourth-order valence-electron chi connectivity index (χ4n) is 4.59. The van der Waals surface area contributed by atoms with E-state index in [-0.39, 0.29) is 5.56 Å². The molecule has 3 aromatic carbocycles. The van der Waals surface area contributed by atoms with Gasteiger partial charge in [-0.05, 0) is 45.9 Å². The minimum absolute atomic E-state index is 0.163. The van der Waals surface area contributed by atoms with E-state index < -0.39 is 0 Å². The smallest absolute Gasteiger partial charge is 0.262 e. The van der Waals surface area contributed by atoms with E-state index in [2.05, 4.69) is 63.4 Å². The van der Waals surface area contributed by atoms with E-state index in [1.165, 1.54) is 11.1 Å². The highest BCUT2D eigenvalue weighted by Gasteiger charge is 2.20. The molecule has 5 nitrogen and oxygen atoms in total. The Morgan fingerprint density at radius 2 is 1.45 bits per heavy atom. The fraction of sp³-hybridized carbons (Fsp3) is 0.107. The quantitative estimate of drug-likeness (QED) is 0.427. The van der Waals surface area contributed by atoms with Crippen LogP contribution in [0, 0.1) is 0 Å². The summed E-state index contributed by atoms with van der Waals surface area (Å²) >= 11 is 0. The van der Waals surface area contributed by atoms with E-state index in [0.29, 0.717) is 17.0 Å². The molecule has 6 rings (SSSR count). The molecule has 0 bridgehead atoms. The predicted octanol–water partition coefficient (Wildman–Crippen LogP) is 5.21. The van der Waals surface area contributed by atoms with Gasteiger partial charge in [0.05, 0.1) is 5.39 Å². The van der Waals surface area contributed by atoms with Gasteiger partial charge in [0, 0.05) is 19.3 Å². The van der Waals surface area contributed by atoms with Gasteiger partial charge in [-0.15, -0.1) is 0 Å². The van der Waals surface area contributed by atoms with Gasteiger partial charge in [-0.1, -0.05) is 78.9 Å². The third kappa shape index (κ3) is 3.57. The molecule has 1 N–H and O–H groups in total. The van der Waals surface area contributed by atoms with Crippen molar-refractivity contribution in [3.8, 4) is 22.3 Å². The van der Waals surface area contributed by atoms with Crippen molar-refractivity contribution in [3.63, 3.8) is 0 Å². The first-order valence-electron chi connectivity index (χ1n) is 11.1. The third-order valence-electron chi connectivity index (χ3n) is 6.33. The number of hydrogen-bond donors (Lipinski definition) is 1. The van der Waals surface area contributed by atoms with Crippen molar-refractivity contribution in [3.05, 3.63) is 113 Å². The van der Waals surface area contributed by atoms with Crippen LogP contribution in [0.3, 0.4) is 0 Å². The summed E-state index contributed by atoms with van der Waals surface area (Å²) in [5.41, 5.74) is 7.04. The summed E-state index contributed by atoms with van der Waals surface area (Å²) in [4.78, 5) is 27.5. The maximum atomic E-state index is 13.2. The molecular weight excluding hydrogens is 408 g/mol. The Kier molecular flexibility index (Phi) is 4.73. The van der Waals surface area contributed by atoms with Gasteiger partial charge in [0.15, 0.2) is 5.65 Å². The summed E-state index contributed by atoms with van der Waals surface area (Å²) < 4.78 is 0. The molecule has 1 aliphatic rings. The Morgan fingerprint density at radius 1 is 0.758 bits per heavy atom. The van der Waals surface area contributed by atoms with Crippen molar-refractivity contribution < 1.29 is 0 Å². The molecule has 5 aromatic rings. The van der Waals surface area contributed by atoms with Crippen LogP contribution < -0.4 is 10.5 Å². The van der Waals surface area contributed by atoms with E-state index in [1.54, 1.807) is 6.20 Å². The van der Waals surface area contributed by atoms with Crippen LogP contribution >= 0.6 is 0 Å². The molecule has 1 aliphatic heterocycles. The van der Waals surface area contributed by atoms with Gasteiger partial charge < -0.3 is 4.90 Å². The molecular formula is C28H22N4O. The normalized spacial score (nSPS) is 13.2. The Morgan fingerprint density at radius 3 is 2.27 bits per heavy atom. The Hall–Kier alpha value is -4.25. The van der Waals surface area contributed by atoms with Crippen LogP contribution in [0.4, 0.5) is 5.95 Å². The zero-order valence-electron chi connectivity index (χ0n) is 18.0. The highest BCUT2D eigenvalue weighted by Crippen LogP contribution is 2.29. The highest BCUT2D eigenvalue weighted by atomic mass is 16.1. The molecule has 3 heterocycles. The summed E-state index contributed by atoms with van der Waals surface area (Å²) in [6, 6.07) is 28.8. The number of nitrogens with one attached hydrogen (secondary N) is 1. The van der Waals surface area contributed by atoms with Gasteiger partial charge in [-0.25, -0.2) is 4.98 Å². The van der Waals surface area contributed by atoms with Crippen LogP contribution in [0.25, 0.3) is 33.3 Å². The second-order valence-corrected chi connectivity index (χ2v) is 8.33. The van der Waals surface area contributed by atoms with Gasteiger partial charge in [-0.3, -0.25) is 9.78 Å². The van der Waals surface area contributed by atoms with E-state index in [0.717, 1.165) is 41.8 Å². The number of H-pyrrole nitrogens is 1. The molecule has 0 amide bonds. The molecule has 0 saturated heterocycles. The zero-order chi connectivity index (χ0) is 22.2. The number of fused-ring (bicyclic) bond motifs is 2. The number of aromatic amines is 1. The maximum absolute atomic E-state index is 13.2. The van der Waals surface area contributed by atoms with Crippen molar-refractivity contribution in [1.82, 2.24) is 15.0 Å². The molecule has 0 radical (unpaired) electrons. The molecule has 160 valence electrons. The van der Waals surface area contributed by atoms with Crippen molar-refractivity contribution in [2.24, 2.45) is 0 Å². The van der Waals surface area contributed by atoms with E-state index in [1.807, 2.05) is 36.4 Å². The van der Waals surface area contributed by atoms with Crippen molar-refractivity contribution in [2.75, 3.05) is 11.4 Å². The second-order valence-electron chi connectivity index (χ2n) is 8.33. The lowest BCUT2D eigenvalue weighted by Crippen LogP contribution is -2.33. The van der Waals surface area contributed by atoms with Crippen LogP contribution in [0.1, 0.15) is 11.1 Å². The molecule has 0 atom stereocenters. The largest absolute Gasteiger partial charge is 0.338 e. The average molecular weight is 431 g/mol. The Labute approximate surface area is 191 Å². The average Bonchev–Trinajstić information content (AvgIpc) is 2.88. The number of hydrogen-bond acceptors (Lipinski definition) is 4. The number of aromatic nitrogens is 3. The minimum Gasteiger partial charge on any atom is -0.338 e. The molecule has 33 heavy (non-hydrogen) atoms. The number of nitrogens with zero attached hydrogens (tertiary/aromatic N) is 3. The summed E-state index contributed by atoms with van der Waals surface area (Å²) in [6.45, 7) is 1.54. The summed E-state index contributed by atoms with van der Waals surface area (Å²) in [7, 11) is 0. The van der Waals surface area contributed by atoms with E-state index in [4.69, 9.17) is 4.98 Å². The lowest BCUT2D eigenvalue weighted by atomic mass is 9.99. The fourth-order valence-corrected chi connectivity index (χ4v) is 4.59. The van der Waals surface area contributed by atoms with Gasteiger partial charge in [0.2, 0.25) is 5.95 Å². The monoisotopic (exact) mass is 430 g/mol. The molecule has 5 heteroatoms. The first kappa shape index (κ1) is 19.4. The van der Waals surface area contributed by atoms with Crippen LogP contribution in [0.5, 0.6) is 0 Å². The summed E-state index contributed by atoms with van der Waals surface area (Å²) in [5.74, 6) is 0.575. The number of pyridine rings is 1. The summed E-state index contributed by atoms with van der Waals surface area (Å²) in [6.07, 6.45) is 2.66.